The maximum atomic E-state index is 3.49. The van der Waals surface area contributed by atoms with Crippen molar-refractivity contribution in [2.24, 2.45) is 0 Å². The Labute approximate surface area is 111 Å². The van der Waals surface area contributed by atoms with Crippen LogP contribution in [-0.4, -0.2) is 0 Å². The maximum absolute atomic E-state index is 3.49. The van der Waals surface area contributed by atoms with Crippen LogP contribution in [-0.2, 0) is 21.1 Å². The minimum absolute atomic E-state index is 0. The fourth-order valence-electron chi connectivity index (χ4n) is 0.856. The summed E-state index contributed by atoms with van der Waals surface area (Å²) in [5.41, 5.74) is 0. The van der Waals surface area contributed by atoms with Crippen LogP contribution in [0.4, 0.5) is 0 Å². The van der Waals surface area contributed by atoms with Crippen molar-refractivity contribution in [1.29, 1.82) is 0 Å². The average molecular weight is 389 g/mol. The third-order valence-corrected chi connectivity index (χ3v) is 1.33. The first-order chi connectivity index (χ1) is 6.83. The summed E-state index contributed by atoms with van der Waals surface area (Å²) >= 11 is 0. The van der Waals surface area contributed by atoms with Gasteiger partial charge < -0.3 is 13.8 Å². The SMILES string of the molecule is C1=CCCC=CCC1.[CH2-]CC.[CH2-]CC.[Pt+2]. The molecule has 1 heteroatoms. The van der Waals surface area contributed by atoms with E-state index in [1.807, 2.05) is 13.8 Å². The summed E-state index contributed by atoms with van der Waals surface area (Å²) in [6, 6.07) is 0. The molecule has 92 valence electrons. The summed E-state index contributed by atoms with van der Waals surface area (Å²) in [6.45, 7) is 11.0. The molecule has 0 aromatic carbocycles. The van der Waals surface area contributed by atoms with Crippen molar-refractivity contribution >= 4 is 0 Å². The zero-order chi connectivity index (χ0) is 11.1. The van der Waals surface area contributed by atoms with Crippen molar-refractivity contribution in [3.8, 4) is 0 Å². The molecule has 0 amide bonds. The number of allylic oxidation sites excluding steroid dienone is 4. The Morgan fingerprint density at radius 2 is 0.867 bits per heavy atom. The van der Waals surface area contributed by atoms with Gasteiger partial charge in [-0.05, 0) is 25.7 Å². The fraction of sp³-hybridized carbons (Fsp3) is 0.571. The second-order valence-corrected chi connectivity index (χ2v) is 3.10. The normalized spacial score (nSPS) is 13.1. The molecule has 0 N–H and O–H groups in total. The van der Waals surface area contributed by atoms with Crippen LogP contribution in [0.25, 0.3) is 0 Å². The first kappa shape index (κ1) is 20.6. The zero-order valence-electron chi connectivity index (χ0n) is 10.3. The van der Waals surface area contributed by atoms with E-state index < -0.39 is 0 Å². The van der Waals surface area contributed by atoms with Gasteiger partial charge in [-0.15, -0.1) is 0 Å². The summed E-state index contributed by atoms with van der Waals surface area (Å²) in [4.78, 5) is 0. The Hall–Kier alpha value is 0.168. The van der Waals surface area contributed by atoms with Gasteiger partial charge in [0.2, 0.25) is 0 Å². The van der Waals surface area contributed by atoms with Crippen molar-refractivity contribution < 1.29 is 21.1 Å². The van der Waals surface area contributed by atoms with E-state index in [-0.39, 0.29) is 21.1 Å². The molecule has 0 aliphatic heterocycles. The molecule has 0 radical (unpaired) electrons. The Morgan fingerprint density at radius 3 is 1.00 bits per heavy atom. The van der Waals surface area contributed by atoms with Crippen molar-refractivity contribution in [1.82, 2.24) is 0 Å². The van der Waals surface area contributed by atoms with Crippen LogP contribution in [0.2, 0.25) is 0 Å². The largest absolute Gasteiger partial charge is 2.00 e. The van der Waals surface area contributed by atoms with Crippen molar-refractivity contribution in [2.45, 2.75) is 52.4 Å². The van der Waals surface area contributed by atoms with E-state index in [0.29, 0.717) is 0 Å². The standard InChI is InChI=1S/C8H12.2C3H7.Pt/c1-2-4-6-8-7-5-3-1;2*1-3-2;/h1-2,7-8H,3-6H2;2*1,3H2,2H3;/q;2*-1;+2. The Bertz CT molecular complexity index is 97.3. The number of rotatable bonds is 0. The Kier molecular flexibility index (Phi) is 32.6. The molecule has 0 spiro atoms. The monoisotopic (exact) mass is 389 g/mol. The van der Waals surface area contributed by atoms with Gasteiger partial charge in [0.1, 0.15) is 0 Å². The average Bonchev–Trinajstić information content (AvgIpc) is 2.04. The Balaban J connectivity index is -0.000000177. The van der Waals surface area contributed by atoms with E-state index in [0.717, 1.165) is 12.8 Å². The zero-order valence-corrected chi connectivity index (χ0v) is 12.6. The van der Waals surface area contributed by atoms with Gasteiger partial charge in [-0.1, -0.05) is 38.2 Å². The molecule has 0 bridgehead atoms. The van der Waals surface area contributed by atoms with Gasteiger partial charge in [0.05, 0.1) is 0 Å². The molecule has 0 saturated heterocycles. The third-order valence-electron chi connectivity index (χ3n) is 1.33. The third kappa shape index (κ3) is 31.4. The minimum Gasteiger partial charge on any atom is -0.344 e. The van der Waals surface area contributed by atoms with E-state index in [4.69, 9.17) is 0 Å². The van der Waals surface area contributed by atoms with Crippen molar-refractivity contribution in [2.75, 3.05) is 0 Å². The summed E-state index contributed by atoms with van der Waals surface area (Å²) in [7, 11) is 0. The molecule has 15 heavy (non-hydrogen) atoms. The topological polar surface area (TPSA) is 0 Å². The van der Waals surface area contributed by atoms with E-state index in [1.54, 1.807) is 0 Å². The number of hydrogen-bond acceptors (Lipinski definition) is 0. The van der Waals surface area contributed by atoms with Gasteiger partial charge in [0, 0.05) is 0 Å². The van der Waals surface area contributed by atoms with E-state index in [2.05, 4.69) is 38.2 Å². The van der Waals surface area contributed by atoms with Gasteiger partial charge in [0.25, 0.3) is 0 Å². The first-order valence-electron chi connectivity index (χ1n) is 5.71. The predicted octanol–water partition coefficient (Wildman–Crippen LogP) is 5.13. The van der Waals surface area contributed by atoms with Crippen LogP contribution in [0.15, 0.2) is 24.3 Å². The number of hydrogen-bond donors (Lipinski definition) is 0. The van der Waals surface area contributed by atoms with E-state index in [1.165, 1.54) is 25.7 Å². The van der Waals surface area contributed by atoms with Gasteiger partial charge >= 0.3 is 21.1 Å². The summed E-state index contributed by atoms with van der Waals surface area (Å²) in [5.74, 6) is 0. The molecule has 0 unspecified atom stereocenters. The minimum atomic E-state index is 0. The molecular weight excluding hydrogens is 363 g/mol. The second kappa shape index (κ2) is 23.8. The van der Waals surface area contributed by atoms with Crippen LogP contribution in [0.5, 0.6) is 0 Å². The molecular formula is C14H26Pt. The predicted molar refractivity (Wildman–Crippen MR) is 68.0 cm³/mol. The molecule has 0 saturated carbocycles. The summed E-state index contributed by atoms with van der Waals surface area (Å²) < 4.78 is 0. The van der Waals surface area contributed by atoms with Crippen LogP contribution >= 0.6 is 0 Å². The second-order valence-electron chi connectivity index (χ2n) is 3.10. The van der Waals surface area contributed by atoms with Crippen LogP contribution in [0, 0.1) is 13.8 Å². The van der Waals surface area contributed by atoms with Gasteiger partial charge in [-0.25, -0.2) is 0 Å². The molecule has 0 nitrogen and oxygen atoms in total. The summed E-state index contributed by atoms with van der Waals surface area (Å²) in [5, 5.41) is 0. The van der Waals surface area contributed by atoms with Crippen molar-refractivity contribution in [3.63, 3.8) is 0 Å². The molecule has 1 aliphatic rings. The van der Waals surface area contributed by atoms with Crippen molar-refractivity contribution in [3.05, 3.63) is 38.2 Å². The van der Waals surface area contributed by atoms with E-state index >= 15 is 0 Å². The molecule has 0 atom stereocenters. The molecule has 0 aromatic heterocycles. The molecule has 0 heterocycles. The van der Waals surface area contributed by atoms with E-state index in [9.17, 15) is 0 Å². The van der Waals surface area contributed by atoms with Crippen LogP contribution in [0.3, 0.4) is 0 Å². The maximum Gasteiger partial charge on any atom is 2.00 e. The first-order valence-corrected chi connectivity index (χ1v) is 5.71. The quantitative estimate of drug-likeness (QED) is 0.398. The molecule has 1 aliphatic carbocycles. The molecule has 0 fully saturated rings. The van der Waals surface area contributed by atoms with Gasteiger partial charge in [-0.2, -0.15) is 12.8 Å². The molecule has 1 rings (SSSR count). The van der Waals surface area contributed by atoms with Gasteiger partial charge in [0.15, 0.2) is 0 Å². The fourth-order valence-corrected chi connectivity index (χ4v) is 0.856. The molecule has 0 aromatic rings. The van der Waals surface area contributed by atoms with Gasteiger partial charge in [-0.3, -0.25) is 0 Å². The smallest absolute Gasteiger partial charge is 0.344 e. The summed E-state index contributed by atoms with van der Waals surface area (Å²) in [6.07, 6.45) is 16.0. The van der Waals surface area contributed by atoms with Crippen LogP contribution < -0.4 is 0 Å². The van der Waals surface area contributed by atoms with Crippen LogP contribution in [0.1, 0.15) is 52.4 Å². The Morgan fingerprint density at radius 1 is 0.733 bits per heavy atom.